The molecule has 0 saturated carbocycles. The van der Waals surface area contributed by atoms with Crippen LogP contribution in [-0.4, -0.2) is 25.7 Å². The summed E-state index contributed by atoms with van der Waals surface area (Å²) in [4.78, 5) is 22.7. The Kier molecular flexibility index (Phi) is 5.90. The Morgan fingerprint density at radius 1 is 0.970 bits per heavy atom. The second kappa shape index (κ2) is 9.46. The molecule has 1 N–H and O–H groups in total. The molecule has 0 atom stereocenters. The van der Waals surface area contributed by atoms with Crippen LogP contribution in [0, 0.1) is 0 Å². The van der Waals surface area contributed by atoms with Crippen LogP contribution in [-0.2, 0) is 6.61 Å². The quantitative estimate of drug-likeness (QED) is 0.365. The Morgan fingerprint density at radius 3 is 2.64 bits per heavy atom. The number of para-hydroxylation sites is 1. The number of amides is 1. The maximum atomic E-state index is 13.0. The molecule has 0 radical (unpaired) electrons. The molecular weight excluding hydrogens is 434 g/mol. The molecule has 0 spiro atoms. The minimum absolute atomic E-state index is 0.0852. The minimum Gasteiger partial charge on any atom is -0.487 e. The number of carbonyl (C=O) groups excluding carboxylic acids is 1. The summed E-state index contributed by atoms with van der Waals surface area (Å²) in [6.07, 6.45) is 1.72. The highest BCUT2D eigenvalue weighted by molar-refractivity contribution is 7.13. The molecule has 0 fully saturated rings. The lowest BCUT2D eigenvalue weighted by molar-refractivity contribution is 0.101. The van der Waals surface area contributed by atoms with E-state index in [9.17, 15) is 4.79 Å². The standard InChI is InChI=1S/C25H19N5O2S/c31-25(27-18-9-6-12-21(16-18)32-17-19-8-4-5-14-26-19)23-28-24(22-13-7-15-33-22)30(29-23)20-10-2-1-3-11-20/h1-16H,17H2,(H,27,31). The van der Waals surface area contributed by atoms with E-state index in [-0.39, 0.29) is 5.82 Å². The van der Waals surface area contributed by atoms with Crippen molar-refractivity contribution in [1.29, 1.82) is 0 Å². The zero-order chi connectivity index (χ0) is 22.5. The summed E-state index contributed by atoms with van der Waals surface area (Å²) in [5.41, 5.74) is 2.24. The van der Waals surface area contributed by atoms with Gasteiger partial charge in [0.25, 0.3) is 5.91 Å². The second-order valence-electron chi connectivity index (χ2n) is 7.08. The van der Waals surface area contributed by atoms with Crippen LogP contribution in [0.25, 0.3) is 16.4 Å². The number of hydrogen-bond acceptors (Lipinski definition) is 6. The molecule has 33 heavy (non-hydrogen) atoms. The predicted molar refractivity (Wildman–Crippen MR) is 128 cm³/mol. The number of nitrogens with one attached hydrogen (secondary N) is 1. The lowest BCUT2D eigenvalue weighted by atomic mass is 10.3. The first-order valence-corrected chi connectivity index (χ1v) is 11.1. The number of benzene rings is 2. The Morgan fingerprint density at radius 2 is 1.85 bits per heavy atom. The van der Waals surface area contributed by atoms with E-state index in [0.29, 0.717) is 23.9 Å². The Hall–Kier alpha value is -4.30. The highest BCUT2D eigenvalue weighted by Crippen LogP contribution is 2.26. The molecule has 7 nitrogen and oxygen atoms in total. The van der Waals surface area contributed by atoms with Gasteiger partial charge in [0.1, 0.15) is 12.4 Å². The Balaban J connectivity index is 1.36. The van der Waals surface area contributed by atoms with Crippen molar-refractivity contribution in [3.63, 3.8) is 0 Å². The highest BCUT2D eigenvalue weighted by Gasteiger charge is 2.19. The highest BCUT2D eigenvalue weighted by atomic mass is 32.1. The smallest absolute Gasteiger partial charge is 0.295 e. The molecule has 0 saturated heterocycles. The summed E-state index contributed by atoms with van der Waals surface area (Å²) in [6, 6.07) is 26.4. The summed E-state index contributed by atoms with van der Waals surface area (Å²) >= 11 is 1.54. The van der Waals surface area contributed by atoms with E-state index in [4.69, 9.17) is 4.74 Å². The summed E-state index contributed by atoms with van der Waals surface area (Å²) in [7, 11) is 0. The number of pyridine rings is 1. The van der Waals surface area contributed by atoms with Crippen molar-refractivity contribution in [2.45, 2.75) is 6.61 Å². The summed E-state index contributed by atoms with van der Waals surface area (Å²) in [6.45, 7) is 0.339. The third kappa shape index (κ3) is 4.81. The summed E-state index contributed by atoms with van der Waals surface area (Å²) in [5, 5.41) is 9.32. The molecule has 0 bridgehead atoms. The maximum Gasteiger partial charge on any atom is 0.295 e. The number of nitrogens with zero attached hydrogens (tertiary/aromatic N) is 4. The van der Waals surface area contributed by atoms with E-state index >= 15 is 0 Å². The van der Waals surface area contributed by atoms with E-state index in [1.807, 2.05) is 78.2 Å². The van der Waals surface area contributed by atoms with Crippen LogP contribution < -0.4 is 10.1 Å². The average Bonchev–Trinajstić information content (AvgIpc) is 3.54. The first-order chi connectivity index (χ1) is 16.3. The Labute approximate surface area is 194 Å². The van der Waals surface area contributed by atoms with Crippen molar-refractivity contribution < 1.29 is 9.53 Å². The third-order valence-electron chi connectivity index (χ3n) is 4.76. The van der Waals surface area contributed by atoms with Crippen molar-refractivity contribution in [3.05, 3.63) is 108 Å². The van der Waals surface area contributed by atoms with Gasteiger partial charge in [-0.15, -0.1) is 16.4 Å². The number of ether oxygens (including phenoxy) is 1. The van der Waals surface area contributed by atoms with Gasteiger partial charge in [-0.2, -0.15) is 0 Å². The fourth-order valence-corrected chi connectivity index (χ4v) is 3.91. The largest absolute Gasteiger partial charge is 0.487 e. The van der Waals surface area contributed by atoms with Crippen LogP contribution in [0.4, 0.5) is 5.69 Å². The van der Waals surface area contributed by atoms with Crippen molar-refractivity contribution in [1.82, 2.24) is 19.7 Å². The second-order valence-corrected chi connectivity index (χ2v) is 8.02. The fraction of sp³-hybridized carbons (Fsp3) is 0.0400. The van der Waals surface area contributed by atoms with E-state index in [1.165, 1.54) is 0 Å². The SMILES string of the molecule is O=C(Nc1cccc(OCc2ccccn2)c1)c1nc(-c2cccs2)n(-c2ccccc2)n1. The minimum atomic E-state index is -0.399. The molecule has 5 rings (SSSR count). The van der Waals surface area contributed by atoms with E-state index in [2.05, 4.69) is 20.4 Å². The summed E-state index contributed by atoms with van der Waals surface area (Å²) in [5.74, 6) is 0.931. The average molecular weight is 454 g/mol. The molecule has 8 heteroatoms. The molecule has 1 amide bonds. The van der Waals surface area contributed by atoms with E-state index < -0.39 is 5.91 Å². The van der Waals surface area contributed by atoms with Gasteiger partial charge in [-0.05, 0) is 47.8 Å². The van der Waals surface area contributed by atoms with Gasteiger partial charge in [-0.1, -0.05) is 36.4 Å². The molecular formula is C25H19N5O2S. The number of rotatable bonds is 7. The first kappa shape index (κ1) is 20.6. The summed E-state index contributed by atoms with van der Waals surface area (Å²) < 4.78 is 7.49. The number of anilines is 1. The van der Waals surface area contributed by atoms with Crippen LogP contribution in [0.5, 0.6) is 5.75 Å². The molecule has 0 unspecified atom stereocenters. The van der Waals surface area contributed by atoms with Gasteiger partial charge in [-0.3, -0.25) is 9.78 Å². The lowest BCUT2D eigenvalue weighted by Gasteiger charge is -2.08. The molecule has 3 aromatic heterocycles. The molecule has 3 heterocycles. The van der Waals surface area contributed by atoms with Gasteiger partial charge >= 0.3 is 0 Å². The third-order valence-corrected chi connectivity index (χ3v) is 5.62. The zero-order valence-corrected chi connectivity index (χ0v) is 18.3. The maximum absolute atomic E-state index is 13.0. The van der Waals surface area contributed by atoms with E-state index in [1.54, 1.807) is 34.3 Å². The van der Waals surface area contributed by atoms with Gasteiger partial charge < -0.3 is 10.1 Å². The van der Waals surface area contributed by atoms with Crippen molar-refractivity contribution in [3.8, 4) is 22.1 Å². The van der Waals surface area contributed by atoms with Gasteiger partial charge in [0, 0.05) is 18.0 Å². The van der Waals surface area contributed by atoms with Crippen molar-refractivity contribution in [2.75, 3.05) is 5.32 Å². The molecule has 0 aliphatic carbocycles. The fourth-order valence-electron chi connectivity index (χ4n) is 3.21. The number of hydrogen-bond donors (Lipinski definition) is 1. The molecule has 5 aromatic rings. The van der Waals surface area contributed by atoms with Gasteiger partial charge in [0.15, 0.2) is 5.82 Å². The van der Waals surface area contributed by atoms with Crippen LogP contribution in [0.3, 0.4) is 0 Å². The number of thiophene rings is 1. The van der Waals surface area contributed by atoms with Crippen LogP contribution in [0.2, 0.25) is 0 Å². The topological polar surface area (TPSA) is 81.9 Å². The predicted octanol–water partition coefficient (Wildman–Crippen LogP) is 5.22. The van der Waals surface area contributed by atoms with Crippen LogP contribution in [0.1, 0.15) is 16.3 Å². The van der Waals surface area contributed by atoms with Gasteiger partial charge in [0.05, 0.1) is 16.3 Å². The van der Waals surface area contributed by atoms with Crippen LogP contribution in [0.15, 0.2) is 96.5 Å². The van der Waals surface area contributed by atoms with Gasteiger partial charge in [-0.25, -0.2) is 9.67 Å². The molecule has 0 aliphatic rings. The molecule has 0 aliphatic heterocycles. The van der Waals surface area contributed by atoms with E-state index in [0.717, 1.165) is 16.3 Å². The van der Waals surface area contributed by atoms with Crippen LogP contribution >= 0.6 is 11.3 Å². The van der Waals surface area contributed by atoms with Crippen molar-refractivity contribution in [2.24, 2.45) is 0 Å². The zero-order valence-electron chi connectivity index (χ0n) is 17.5. The van der Waals surface area contributed by atoms with Gasteiger partial charge in [0.2, 0.25) is 5.82 Å². The number of aromatic nitrogens is 4. The number of carbonyl (C=O) groups is 1. The monoisotopic (exact) mass is 453 g/mol. The molecule has 162 valence electrons. The lowest BCUT2D eigenvalue weighted by Crippen LogP contribution is -2.14. The normalized spacial score (nSPS) is 10.7. The Bertz CT molecular complexity index is 1350. The molecule has 2 aromatic carbocycles. The van der Waals surface area contributed by atoms with Crippen molar-refractivity contribution >= 4 is 22.9 Å². The first-order valence-electron chi connectivity index (χ1n) is 10.3.